The quantitative estimate of drug-likeness (QED) is 0.511. The second kappa shape index (κ2) is 7.88. The maximum atomic E-state index is 12.0. The minimum Gasteiger partial charge on any atom is -0.497 e. The topological polar surface area (TPSA) is 92.3 Å². The Morgan fingerprint density at radius 3 is 2.62 bits per heavy atom. The van der Waals surface area contributed by atoms with E-state index < -0.39 is 5.97 Å². The highest BCUT2D eigenvalue weighted by atomic mass is 32.2. The summed E-state index contributed by atoms with van der Waals surface area (Å²) in [5, 5.41) is 9.68. The standard InChI is InChI=1S/C19H16N2O4S/c1-25-14-8-6-12(7-9-14)16-10-17(22)21-19(20-16)26-11-13-4-2-3-5-15(13)18(23)24/h2-10H,11H2,1H3,(H,23,24)(H,20,21,22). The van der Waals surface area contributed by atoms with Crippen molar-refractivity contribution in [1.29, 1.82) is 0 Å². The summed E-state index contributed by atoms with van der Waals surface area (Å²) >= 11 is 1.28. The summed E-state index contributed by atoms with van der Waals surface area (Å²) in [6.45, 7) is 0. The number of rotatable bonds is 6. The maximum absolute atomic E-state index is 12.0. The number of aromatic nitrogens is 2. The molecule has 3 aromatic rings. The van der Waals surface area contributed by atoms with Gasteiger partial charge in [0.25, 0.3) is 5.56 Å². The fourth-order valence-corrected chi connectivity index (χ4v) is 3.29. The average molecular weight is 368 g/mol. The highest BCUT2D eigenvalue weighted by Gasteiger charge is 2.11. The summed E-state index contributed by atoms with van der Waals surface area (Å²) in [7, 11) is 1.59. The lowest BCUT2D eigenvalue weighted by Gasteiger charge is -2.07. The van der Waals surface area contributed by atoms with Gasteiger partial charge in [-0.1, -0.05) is 30.0 Å². The van der Waals surface area contributed by atoms with Gasteiger partial charge < -0.3 is 14.8 Å². The number of carbonyl (C=O) groups is 1. The van der Waals surface area contributed by atoms with Crippen LogP contribution in [0.2, 0.25) is 0 Å². The number of nitrogens with one attached hydrogen (secondary N) is 1. The normalized spacial score (nSPS) is 10.5. The minimum absolute atomic E-state index is 0.244. The highest BCUT2D eigenvalue weighted by Crippen LogP contribution is 2.24. The van der Waals surface area contributed by atoms with Crippen LogP contribution in [0.15, 0.2) is 64.5 Å². The van der Waals surface area contributed by atoms with Gasteiger partial charge in [-0.3, -0.25) is 4.79 Å². The Kier molecular flexibility index (Phi) is 5.38. The van der Waals surface area contributed by atoms with E-state index in [0.29, 0.717) is 22.2 Å². The third-order valence-corrected chi connectivity index (χ3v) is 4.64. The molecule has 0 radical (unpaired) electrons. The molecule has 1 heterocycles. The van der Waals surface area contributed by atoms with Gasteiger partial charge in [-0.05, 0) is 35.9 Å². The largest absolute Gasteiger partial charge is 0.497 e. The van der Waals surface area contributed by atoms with Crippen molar-refractivity contribution in [2.24, 2.45) is 0 Å². The first kappa shape index (κ1) is 17.8. The fraction of sp³-hybridized carbons (Fsp3) is 0.105. The molecule has 0 fully saturated rings. The third kappa shape index (κ3) is 4.12. The van der Waals surface area contributed by atoms with E-state index in [1.807, 2.05) is 12.1 Å². The van der Waals surface area contributed by atoms with E-state index in [2.05, 4.69) is 9.97 Å². The van der Waals surface area contributed by atoms with Gasteiger partial charge in [-0.25, -0.2) is 9.78 Å². The van der Waals surface area contributed by atoms with Crippen molar-refractivity contribution >= 4 is 17.7 Å². The number of hydrogen-bond acceptors (Lipinski definition) is 5. The van der Waals surface area contributed by atoms with Gasteiger partial charge in [-0.15, -0.1) is 0 Å². The highest BCUT2D eigenvalue weighted by molar-refractivity contribution is 7.98. The van der Waals surface area contributed by atoms with E-state index in [-0.39, 0.29) is 11.1 Å². The molecule has 26 heavy (non-hydrogen) atoms. The van der Waals surface area contributed by atoms with Gasteiger partial charge in [0.2, 0.25) is 0 Å². The Morgan fingerprint density at radius 1 is 1.19 bits per heavy atom. The average Bonchev–Trinajstić information content (AvgIpc) is 2.66. The molecule has 2 N–H and O–H groups in total. The number of hydrogen-bond donors (Lipinski definition) is 2. The number of carboxylic acid groups (broad SMARTS) is 1. The minimum atomic E-state index is -0.977. The summed E-state index contributed by atoms with van der Waals surface area (Å²) in [4.78, 5) is 30.4. The van der Waals surface area contributed by atoms with Crippen LogP contribution in [-0.4, -0.2) is 28.2 Å². The number of methoxy groups -OCH3 is 1. The molecule has 1 aromatic heterocycles. The molecule has 0 unspecified atom stereocenters. The van der Waals surface area contributed by atoms with Crippen molar-refractivity contribution in [3.05, 3.63) is 76.1 Å². The molecule has 3 rings (SSSR count). The Hall–Kier alpha value is -3.06. The molecular formula is C19H16N2O4S. The predicted octanol–water partition coefficient (Wildman–Crippen LogP) is 3.44. The number of ether oxygens (including phenoxy) is 1. The Balaban J connectivity index is 1.84. The van der Waals surface area contributed by atoms with E-state index in [1.165, 1.54) is 17.8 Å². The molecule has 0 bridgehead atoms. The molecule has 0 aliphatic heterocycles. The summed E-state index contributed by atoms with van der Waals surface area (Å²) in [5.41, 5.74) is 1.99. The lowest BCUT2D eigenvalue weighted by Crippen LogP contribution is -2.08. The van der Waals surface area contributed by atoms with Crippen molar-refractivity contribution in [2.45, 2.75) is 10.9 Å². The zero-order chi connectivity index (χ0) is 18.5. The molecule has 0 saturated heterocycles. The van der Waals surface area contributed by atoms with E-state index in [4.69, 9.17) is 4.74 Å². The summed E-state index contributed by atoms with van der Waals surface area (Å²) < 4.78 is 5.13. The van der Waals surface area contributed by atoms with Crippen molar-refractivity contribution in [1.82, 2.24) is 9.97 Å². The van der Waals surface area contributed by atoms with Crippen LogP contribution in [0.1, 0.15) is 15.9 Å². The number of H-pyrrole nitrogens is 1. The molecule has 0 spiro atoms. The Bertz CT molecular complexity index is 983. The Labute approximate surface area is 153 Å². The number of benzene rings is 2. The monoisotopic (exact) mass is 368 g/mol. The molecule has 6 nitrogen and oxygen atoms in total. The first-order valence-corrected chi connectivity index (χ1v) is 8.75. The number of aromatic carboxylic acids is 1. The predicted molar refractivity (Wildman–Crippen MR) is 99.8 cm³/mol. The van der Waals surface area contributed by atoms with Gasteiger partial charge in [0, 0.05) is 17.4 Å². The Morgan fingerprint density at radius 2 is 1.92 bits per heavy atom. The smallest absolute Gasteiger partial charge is 0.335 e. The fourth-order valence-electron chi connectivity index (χ4n) is 2.41. The molecular weight excluding hydrogens is 352 g/mol. The van der Waals surface area contributed by atoms with Crippen LogP contribution in [-0.2, 0) is 5.75 Å². The van der Waals surface area contributed by atoms with E-state index in [1.54, 1.807) is 43.5 Å². The molecule has 0 atom stereocenters. The van der Waals surface area contributed by atoms with Crippen LogP contribution >= 0.6 is 11.8 Å². The second-order valence-electron chi connectivity index (χ2n) is 5.42. The molecule has 0 amide bonds. The lowest BCUT2D eigenvalue weighted by molar-refractivity contribution is 0.0696. The third-order valence-electron chi connectivity index (χ3n) is 3.72. The molecule has 0 aliphatic carbocycles. The number of nitrogens with zero attached hydrogens (tertiary/aromatic N) is 1. The molecule has 7 heteroatoms. The van der Waals surface area contributed by atoms with Crippen LogP contribution in [0.25, 0.3) is 11.3 Å². The number of thioether (sulfide) groups is 1. The van der Waals surface area contributed by atoms with Gasteiger partial charge in [0.1, 0.15) is 5.75 Å². The maximum Gasteiger partial charge on any atom is 0.335 e. The lowest BCUT2D eigenvalue weighted by atomic mass is 10.1. The van der Waals surface area contributed by atoms with Crippen LogP contribution in [0.4, 0.5) is 0 Å². The van der Waals surface area contributed by atoms with Crippen LogP contribution in [0.5, 0.6) is 5.75 Å². The van der Waals surface area contributed by atoms with Crippen molar-refractivity contribution in [2.75, 3.05) is 7.11 Å². The van der Waals surface area contributed by atoms with Gasteiger partial charge >= 0.3 is 5.97 Å². The summed E-state index contributed by atoms with van der Waals surface area (Å²) in [6, 6.07) is 15.5. The van der Waals surface area contributed by atoms with Crippen molar-refractivity contribution in [3.63, 3.8) is 0 Å². The molecule has 132 valence electrons. The van der Waals surface area contributed by atoms with Crippen LogP contribution in [0, 0.1) is 0 Å². The van der Waals surface area contributed by atoms with Gasteiger partial charge in [0.05, 0.1) is 18.4 Å². The van der Waals surface area contributed by atoms with Crippen LogP contribution < -0.4 is 10.3 Å². The zero-order valence-electron chi connectivity index (χ0n) is 13.9. The first-order chi connectivity index (χ1) is 12.6. The second-order valence-corrected chi connectivity index (χ2v) is 6.38. The molecule has 0 saturated carbocycles. The number of carboxylic acids is 1. The van der Waals surface area contributed by atoms with Crippen molar-refractivity contribution in [3.8, 4) is 17.0 Å². The van der Waals surface area contributed by atoms with Crippen LogP contribution in [0.3, 0.4) is 0 Å². The summed E-state index contributed by atoms with van der Waals surface area (Å²) in [5.74, 6) is 0.130. The first-order valence-electron chi connectivity index (χ1n) is 7.76. The van der Waals surface area contributed by atoms with E-state index in [9.17, 15) is 14.7 Å². The molecule has 0 aliphatic rings. The van der Waals surface area contributed by atoms with Gasteiger partial charge in [0.15, 0.2) is 5.16 Å². The summed E-state index contributed by atoms with van der Waals surface area (Å²) in [6.07, 6.45) is 0. The molecule has 2 aromatic carbocycles. The SMILES string of the molecule is COc1ccc(-c2cc(=O)[nH]c(SCc3ccccc3C(=O)O)n2)cc1. The van der Waals surface area contributed by atoms with Gasteiger partial charge in [-0.2, -0.15) is 0 Å². The van der Waals surface area contributed by atoms with E-state index in [0.717, 1.165) is 11.3 Å². The zero-order valence-corrected chi connectivity index (χ0v) is 14.7. The van der Waals surface area contributed by atoms with Crippen molar-refractivity contribution < 1.29 is 14.6 Å². The van der Waals surface area contributed by atoms with E-state index >= 15 is 0 Å². The number of aromatic amines is 1.